The van der Waals surface area contributed by atoms with Gasteiger partial charge < -0.3 is 11.1 Å². The van der Waals surface area contributed by atoms with E-state index in [0.29, 0.717) is 11.3 Å². The summed E-state index contributed by atoms with van der Waals surface area (Å²) in [7, 11) is 0. The van der Waals surface area contributed by atoms with Crippen LogP contribution < -0.4 is 11.1 Å². The van der Waals surface area contributed by atoms with Crippen LogP contribution in [0.4, 0.5) is 11.5 Å². The van der Waals surface area contributed by atoms with Crippen LogP contribution in [0.2, 0.25) is 10.4 Å². The highest BCUT2D eigenvalue weighted by atomic mass is 79.9. The Morgan fingerprint density at radius 2 is 2.00 bits per heavy atom. The van der Waals surface area contributed by atoms with Crippen molar-refractivity contribution in [2.45, 2.75) is 0 Å². The average molecular weight is 362 g/mol. The predicted octanol–water partition coefficient (Wildman–Crippen LogP) is 3.38. The summed E-state index contributed by atoms with van der Waals surface area (Å²) >= 11 is 14.6. The summed E-state index contributed by atoms with van der Waals surface area (Å²) in [6.45, 7) is 0. The molecule has 0 unspecified atom stereocenters. The number of carbonyl (C=O) groups is 1. The fraction of sp³-hybridized carbons (Fsp3) is 0. The zero-order valence-electron chi connectivity index (χ0n) is 9.32. The van der Waals surface area contributed by atoms with E-state index in [1.54, 1.807) is 18.2 Å². The number of nitrogen functional groups attached to an aromatic ring is 1. The van der Waals surface area contributed by atoms with Crippen LogP contribution in [0.25, 0.3) is 0 Å². The van der Waals surface area contributed by atoms with Crippen molar-refractivity contribution in [3.63, 3.8) is 0 Å². The minimum absolute atomic E-state index is 0.0509. The number of nitrogens with one attached hydrogen (secondary N) is 1. The van der Waals surface area contributed by atoms with Gasteiger partial charge in [-0.25, -0.2) is 9.97 Å². The lowest BCUT2D eigenvalue weighted by atomic mass is 10.1. The Hall–Kier alpha value is -1.37. The van der Waals surface area contributed by atoms with Crippen molar-refractivity contribution < 1.29 is 4.79 Å². The molecule has 0 aliphatic rings. The summed E-state index contributed by atoms with van der Waals surface area (Å²) in [4.78, 5) is 19.6. The third-order valence-corrected chi connectivity index (χ3v) is 3.03. The molecular formula is C11H7BrCl2N4O. The molecule has 0 saturated heterocycles. The molecule has 19 heavy (non-hydrogen) atoms. The van der Waals surface area contributed by atoms with Gasteiger partial charge in [-0.05, 0) is 29.8 Å². The van der Waals surface area contributed by atoms with E-state index in [1.807, 2.05) is 0 Å². The number of rotatable bonds is 2. The Morgan fingerprint density at radius 1 is 1.26 bits per heavy atom. The Morgan fingerprint density at radius 3 is 2.68 bits per heavy atom. The van der Waals surface area contributed by atoms with Crippen molar-refractivity contribution >= 4 is 56.5 Å². The first kappa shape index (κ1) is 14.0. The maximum absolute atomic E-state index is 12.1. The fourth-order valence-electron chi connectivity index (χ4n) is 1.36. The minimum atomic E-state index is -0.412. The van der Waals surface area contributed by atoms with Gasteiger partial charge in [0.05, 0.1) is 5.56 Å². The van der Waals surface area contributed by atoms with Gasteiger partial charge in [0.2, 0.25) is 5.28 Å². The maximum atomic E-state index is 12.1. The van der Waals surface area contributed by atoms with Gasteiger partial charge in [-0.1, -0.05) is 27.5 Å². The van der Waals surface area contributed by atoms with Gasteiger partial charge in [0.25, 0.3) is 5.91 Å². The summed E-state index contributed by atoms with van der Waals surface area (Å²) < 4.78 is 0.741. The van der Waals surface area contributed by atoms with E-state index in [-0.39, 0.29) is 16.3 Å². The fourth-order valence-corrected chi connectivity index (χ4v) is 2.13. The standard InChI is InChI=1S/C11H7BrCl2N4O/c12-5-1-2-7(15)6(3-5)10(19)17-9-4-8(13)16-11(14)18-9/h1-4H,15H2,(H,16,17,18,19). The first-order valence-electron chi connectivity index (χ1n) is 5.02. The van der Waals surface area contributed by atoms with E-state index in [4.69, 9.17) is 28.9 Å². The van der Waals surface area contributed by atoms with Gasteiger partial charge in [-0.15, -0.1) is 0 Å². The lowest BCUT2D eigenvalue weighted by molar-refractivity contribution is 0.102. The molecule has 2 aromatic rings. The first-order valence-corrected chi connectivity index (χ1v) is 6.57. The van der Waals surface area contributed by atoms with E-state index >= 15 is 0 Å². The van der Waals surface area contributed by atoms with E-state index in [2.05, 4.69) is 31.2 Å². The minimum Gasteiger partial charge on any atom is -0.398 e. The van der Waals surface area contributed by atoms with E-state index in [1.165, 1.54) is 6.07 Å². The SMILES string of the molecule is Nc1ccc(Br)cc1C(=O)Nc1cc(Cl)nc(Cl)n1. The molecule has 0 aliphatic carbocycles. The number of nitrogens with two attached hydrogens (primary N) is 1. The number of aromatic nitrogens is 2. The smallest absolute Gasteiger partial charge is 0.258 e. The Balaban J connectivity index is 2.28. The summed E-state index contributed by atoms with van der Waals surface area (Å²) in [6, 6.07) is 6.36. The summed E-state index contributed by atoms with van der Waals surface area (Å²) in [5, 5.41) is 2.63. The number of hydrogen-bond donors (Lipinski definition) is 2. The molecular weight excluding hydrogens is 355 g/mol. The summed E-state index contributed by atoms with van der Waals surface area (Å²) in [5.41, 5.74) is 6.41. The number of halogens is 3. The van der Waals surface area contributed by atoms with Crippen LogP contribution in [0.3, 0.4) is 0 Å². The normalized spacial score (nSPS) is 10.3. The molecule has 1 heterocycles. The average Bonchev–Trinajstić information content (AvgIpc) is 2.30. The van der Waals surface area contributed by atoms with Crippen molar-refractivity contribution in [1.29, 1.82) is 0 Å². The second kappa shape index (κ2) is 5.73. The largest absolute Gasteiger partial charge is 0.398 e. The number of carbonyl (C=O) groups excluding carboxylic acids is 1. The summed E-state index contributed by atoms with van der Waals surface area (Å²) in [5.74, 6) is -0.209. The lowest BCUT2D eigenvalue weighted by Crippen LogP contribution is -2.15. The molecule has 0 atom stereocenters. The van der Waals surface area contributed by atoms with Gasteiger partial charge in [0, 0.05) is 16.2 Å². The van der Waals surface area contributed by atoms with Gasteiger partial charge >= 0.3 is 0 Å². The van der Waals surface area contributed by atoms with Crippen LogP contribution in [-0.4, -0.2) is 15.9 Å². The molecule has 1 aromatic carbocycles. The Bertz CT molecular complexity index is 630. The quantitative estimate of drug-likeness (QED) is 0.488. The maximum Gasteiger partial charge on any atom is 0.258 e. The molecule has 0 aliphatic heterocycles. The Labute approximate surface area is 127 Å². The first-order chi connectivity index (χ1) is 8.95. The van der Waals surface area contributed by atoms with Crippen molar-refractivity contribution in [3.05, 3.63) is 44.7 Å². The second-order valence-electron chi connectivity index (χ2n) is 3.53. The number of amides is 1. The molecule has 8 heteroatoms. The molecule has 2 rings (SSSR count). The van der Waals surface area contributed by atoms with Crippen LogP contribution in [0.5, 0.6) is 0 Å². The molecule has 3 N–H and O–H groups in total. The van der Waals surface area contributed by atoms with Crippen LogP contribution in [0, 0.1) is 0 Å². The second-order valence-corrected chi connectivity index (χ2v) is 5.17. The molecule has 1 amide bonds. The highest BCUT2D eigenvalue weighted by Gasteiger charge is 2.12. The molecule has 1 aromatic heterocycles. The number of anilines is 2. The zero-order chi connectivity index (χ0) is 14.0. The summed E-state index contributed by atoms with van der Waals surface area (Å²) in [6.07, 6.45) is 0. The van der Waals surface area contributed by atoms with Crippen LogP contribution in [0.1, 0.15) is 10.4 Å². The monoisotopic (exact) mass is 360 g/mol. The van der Waals surface area contributed by atoms with E-state index < -0.39 is 5.91 Å². The van der Waals surface area contributed by atoms with Gasteiger partial charge in [0.1, 0.15) is 11.0 Å². The van der Waals surface area contributed by atoms with Gasteiger partial charge in [0.15, 0.2) is 0 Å². The third kappa shape index (κ3) is 3.56. The van der Waals surface area contributed by atoms with Gasteiger partial charge in [-0.3, -0.25) is 4.79 Å². The van der Waals surface area contributed by atoms with E-state index in [9.17, 15) is 4.79 Å². The molecule has 0 fully saturated rings. The van der Waals surface area contributed by atoms with Crippen LogP contribution >= 0.6 is 39.1 Å². The topological polar surface area (TPSA) is 80.9 Å². The highest BCUT2D eigenvalue weighted by Crippen LogP contribution is 2.20. The van der Waals surface area contributed by atoms with Crippen molar-refractivity contribution in [1.82, 2.24) is 9.97 Å². The van der Waals surface area contributed by atoms with Crippen LogP contribution in [-0.2, 0) is 0 Å². The van der Waals surface area contributed by atoms with Gasteiger partial charge in [-0.2, -0.15) is 0 Å². The van der Waals surface area contributed by atoms with Crippen molar-refractivity contribution in [2.75, 3.05) is 11.1 Å². The third-order valence-electron chi connectivity index (χ3n) is 2.17. The predicted molar refractivity (Wildman–Crippen MR) is 78.6 cm³/mol. The van der Waals surface area contributed by atoms with E-state index in [0.717, 1.165) is 4.47 Å². The number of benzene rings is 1. The molecule has 5 nitrogen and oxygen atoms in total. The molecule has 0 bridgehead atoms. The molecule has 0 saturated carbocycles. The zero-order valence-corrected chi connectivity index (χ0v) is 12.4. The molecule has 0 spiro atoms. The van der Waals surface area contributed by atoms with Crippen molar-refractivity contribution in [3.8, 4) is 0 Å². The molecule has 98 valence electrons. The highest BCUT2D eigenvalue weighted by molar-refractivity contribution is 9.10. The molecule has 0 radical (unpaired) electrons. The lowest BCUT2D eigenvalue weighted by Gasteiger charge is -2.07. The van der Waals surface area contributed by atoms with Crippen LogP contribution in [0.15, 0.2) is 28.7 Å². The Kier molecular flexibility index (Phi) is 4.24. The van der Waals surface area contributed by atoms with Crippen molar-refractivity contribution in [2.24, 2.45) is 0 Å². The number of hydrogen-bond acceptors (Lipinski definition) is 4. The number of nitrogens with zero attached hydrogens (tertiary/aromatic N) is 2.